The predicted octanol–water partition coefficient (Wildman–Crippen LogP) is 3.05. The van der Waals surface area contributed by atoms with Crippen molar-refractivity contribution in [1.29, 1.82) is 0 Å². The summed E-state index contributed by atoms with van der Waals surface area (Å²) >= 11 is 1.63. The van der Waals surface area contributed by atoms with E-state index in [9.17, 15) is 4.79 Å². The molecule has 5 heteroatoms. The normalized spacial score (nSPS) is 14.7. The Labute approximate surface area is 109 Å². The maximum Gasteiger partial charge on any atom is 0.237 e. The molecule has 0 bridgehead atoms. The van der Waals surface area contributed by atoms with Gasteiger partial charge in [0.25, 0.3) is 0 Å². The van der Waals surface area contributed by atoms with Gasteiger partial charge in [-0.2, -0.15) is 4.98 Å². The number of benzene rings is 1. The fraction of sp³-hybridized carbons (Fsp3) is 0.308. The van der Waals surface area contributed by atoms with Gasteiger partial charge in [-0.1, -0.05) is 17.3 Å². The standard InChI is InChI=1S/C13H12N2O2S/c16-7-9-1-5-11(6-2-9)18-8-12-14-13(15-17-12)10-3-4-10/h1-2,5-7,10H,3-4,8H2. The SMILES string of the molecule is O=Cc1ccc(SCc2nc(C3CC3)no2)cc1. The molecule has 0 atom stereocenters. The van der Waals surface area contributed by atoms with E-state index in [-0.39, 0.29) is 0 Å². The molecule has 1 aliphatic carbocycles. The first-order valence-electron chi connectivity index (χ1n) is 5.85. The Kier molecular flexibility index (Phi) is 3.15. The molecule has 0 radical (unpaired) electrons. The quantitative estimate of drug-likeness (QED) is 0.611. The summed E-state index contributed by atoms with van der Waals surface area (Å²) in [6, 6.07) is 7.46. The number of hydrogen-bond acceptors (Lipinski definition) is 5. The highest BCUT2D eigenvalue weighted by Gasteiger charge is 2.28. The number of carbonyl (C=O) groups is 1. The summed E-state index contributed by atoms with van der Waals surface area (Å²) in [5.41, 5.74) is 0.688. The third kappa shape index (κ3) is 2.61. The lowest BCUT2D eigenvalue weighted by Gasteiger charge is -1.98. The van der Waals surface area contributed by atoms with Crippen LogP contribution in [0.4, 0.5) is 0 Å². The van der Waals surface area contributed by atoms with Crippen LogP contribution in [0.2, 0.25) is 0 Å². The molecule has 4 nitrogen and oxygen atoms in total. The molecule has 2 aromatic rings. The van der Waals surface area contributed by atoms with Crippen molar-refractivity contribution in [2.24, 2.45) is 0 Å². The summed E-state index contributed by atoms with van der Waals surface area (Å²) in [4.78, 5) is 16.0. The minimum absolute atomic E-state index is 0.527. The van der Waals surface area contributed by atoms with Crippen LogP contribution < -0.4 is 0 Å². The van der Waals surface area contributed by atoms with E-state index < -0.39 is 0 Å². The molecule has 3 rings (SSSR count). The van der Waals surface area contributed by atoms with Crippen LogP contribution in [-0.2, 0) is 5.75 Å². The smallest absolute Gasteiger partial charge is 0.237 e. The number of aromatic nitrogens is 2. The monoisotopic (exact) mass is 260 g/mol. The molecule has 1 saturated carbocycles. The number of carbonyl (C=O) groups excluding carboxylic acids is 1. The highest BCUT2D eigenvalue weighted by molar-refractivity contribution is 7.98. The fourth-order valence-corrected chi connectivity index (χ4v) is 2.36. The number of hydrogen-bond donors (Lipinski definition) is 0. The summed E-state index contributed by atoms with van der Waals surface area (Å²) in [6.45, 7) is 0. The molecule has 1 aromatic carbocycles. The van der Waals surface area contributed by atoms with E-state index in [2.05, 4.69) is 10.1 Å². The molecule has 0 N–H and O–H groups in total. The Bertz CT molecular complexity index is 546. The summed E-state index contributed by atoms with van der Waals surface area (Å²) in [6.07, 6.45) is 3.20. The molecule has 0 aliphatic heterocycles. The van der Waals surface area contributed by atoms with Gasteiger partial charge in [0.05, 0.1) is 5.75 Å². The highest BCUT2D eigenvalue weighted by atomic mass is 32.2. The lowest BCUT2D eigenvalue weighted by Crippen LogP contribution is -1.84. The summed E-state index contributed by atoms with van der Waals surface area (Å²) < 4.78 is 5.19. The summed E-state index contributed by atoms with van der Waals surface area (Å²) in [5, 5.41) is 3.97. The van der Waals surface area contributed by atoms with Gasteiger partial charge in [-0.05, 0) is 25.0 Å². The van der Waals surface area contributed by atoms with Crippen molar-refractivity contribution in [3.05, 3.63) is 41.5 Å². The fourth-order valence-electron chi connectivity index (χ4n) is 1.62. The van der Waals surface area contributed by atoms with E-state index >= 15 is 0 Å². The second-order valence-corrected chi connectivity index (χ2v) is 5.34. The number of aldehydes is 1. The Morgan fingerprint density at radius 2 is 2.11 bits per heavy atom. The van der Waals surface area contributed by atoms with Crippen LogP contribution in [0.25, 0.3) is 0 Å². The van der Waals surface area contributed by atoms with E-state index in [0.29, 0.717) is 23.1 Å². The van der Waals surface area contributed by atoms with Gasteiger partial charge >= 0.3 is 0 Å². The first-order valence-corrected chi connectivity index (χ1v) is 6.84. The van der Waals surface area contributed by atoms with E-state index in [1.54, 1.807) is 23.9 Å². The van der Waals surface area contributed by atoms with Gasteiger partial charge in [-0.3, -0.25) is 4.79 Å². The molecule has 0 unspecified atom stereocenters. The van der Waals surface area contributed by atoms with Crippen molar-refractivity contribution in [2.45, 2.75) is 29.4 Å². The summed E-state index contributed by atoms with van der Waals surface area (Å²) in [7, 11) is 0. The zero-order valence-corrected chi connectivity index (χ0v) is 10.5. The second kappa shape index (κ2) is 4.94. The molecule has 92 valence electrons. The third-order valence-corrected chi connectivity index (χ3v) is 3.80. The van der Waals surface area contributed by atoms with E-state index in [1.165, 1.54) is 12.8 Å². The van der Waals surface area contributed by atoms with Crippen LogP contribution in [0.1, 0.15) is 40.8 Å². The predicted molar refractivity (Wildman–Crippen MR) is 67.7 cm³/mol. The lowest BCUT2D eigenvalue weighted by molar-refractivity contribution is 0.112. The zero-order valence-electron chi connectivity index (χ0n) is 9.70. The minimum atomic E-state index is 0.527. The molecular formula is C13H12N2O2S. The Hall–Kier alpha value is -1.62. The van der Waals surface area contributed by atoms with E-state index in [1.807, 2.05) is 12.1 Å². The Balaban J connectivity index is 1.60. The average Bonchev–Trinajstić information content (AvgIpc) is 3.16. The number of thioether (sulfide) groups is 1. The van der Waals surface area contributed by atoms with Crippen molar-refractivity contribution >= 4 is 18.0 Å². The molecule has 0 spiro atoms. The average molecular weight is 260 g/mol. The number of nitrogens with zero attached hydrogens (tertiary/aromatic N) is 2. The van der Waals surface area contributed by atoms with Gasteiger partial charge in [0.15, 0.2) is 5.82 Å². The van der Waals surface area contributed by atoms with Gasteiger partial charge in [-0.25, -0.2) is 0 Å². The Morgan fingerprint density at radius 1 is 1.33 bits per heavy atom. The molecule has 1 aliphatic rings. The van der Waals surface area contributed by atoms with Crippen LogP contribution in [0, 0.1) is 0 Å². The van der Waals surface area contributed by atoms with Crippen molar-refractivity contribution in [1.82, 2.24) is 10.1 Å². The van der Waals surface area contributed by atoms with Crippen molar-refractivity contribution in [2.75, 3.05) is 0 Å². The van der Waals surface area contributed by atoms with Crippen molar-refractivity contribution in [3.63, 3.8) is 0 Å². The van der Waals surface area contributed by atoms with Gasteiger partial charge < -0.3 is 4.52 Å². The zero-order chi connectivity index (χ0) is 12.4. The van der Waals surface area contributed by atoms with Crippen LogP contribution in [0.5, 0.6) is 0 Å². The van der Waals surface area contributed by atoms with Crippen LogP contribution in [0.3, 0.4) is 0 Å². The van der Waals surface area contributed by atoms with Crippen LogP contribution >= 0.6 is 11.8 Å². The van der Waals surface area contributed by atoms with E-state index in [0.717, 1.165) is 17.0 Å². The highest BCUT2D eigenvalue weighted by Crippen LogP contribution is 2.38. The third-order valence-electron chi connectivity index (χ3n) is 2.80. The maximum absolute atomic E-state index is 10.5. The second-order valence-electron chi connectivity index (χ2n) is 4.30. The van der Waals surface area contributed by atoms with Crippen molar-refractivity contribution < 1.29 is 9.32 Å². The molecule has 0 amide bonds. The van der Waals surface area contributed by atoms with E-state index in [4.69, 9.17) is 4.52 Å². The van der Waals surface area contributed by atoms with Crippen molar-refractivity contribution in [3.8, 4) is 0 Å². The molecule has 0 saturated heterocycles. The maximum atomic E-state index is 10.5. The van der Waals surface area contributed by atoms with Gasteiger partial charge in [-0.15, -0.1) is 11.8 Å². The first kappa shape index (κ1) is 11.5. The molecule has 1 aromatic heterocycles. The largest absolute Gasteiger partial charge is 0.338 e. The number of rotatable bonds is 5. The van der Waals surface area contributed by atoms with Gasteiger partial charge in [0, 0.05) is 16.4 Å². The first-order chi connectivity index (χ1) is 8.85. The van der Waals surface area contributed by atoms with Crippen LogP contribution in [0.15, 0.2) is 33.7 Å². The molecule has 1 fully saturated rings. The van der Waals surface area contributed by atoms with Gasteiger partial charge in [0.2, 0.25) is 5.89 Å². The molecular weight excluding hydrogens is 248 g/mol. The Morgan fingerprint density at radius 3 is 2.78 bits per heavy atom. The van der Waals surface area contributed by atoms with Crippen LogP contribution in [-0.4, -0.2) is 16.4 Å². The molecule has 18 heavy (non-hydrogen) atoms. The lowest BCUT2D eigenvalue weighted by atomic mass is 10.2. The summed E-state index contributed by atoms with van der Waals surface area (Å²) in [5.74, 6) is 2.71. The topological polar surface area (TPSA) is 56.0 Å². The minimum Gasteiger partial charge on any atom is -0.338 e. The molecule has 1 heterocycles. The van der Waals surface area contributed by atoms with Gasteiger partial charge in [0.1, 0.15) is 6.29 Å².